The standard InChI is InChI=1S/C11H20N8O/c12-8-16-10(15-5-4-14-9(13)20)18-11(17-8)19-6-2-1-3-7-19/h1-7H2,(H3,13,14,20)(H3,12,15,16,17,18). The first-order valence-electron chi connectivity index (χ1n) is 6.69. The number of nitrogen functional groups attached to an aromatic ring is 1. The number of aromatic nitrogens is 3. The molecule has 0 saturated carbocycles. The van der Waals surface area contributed by atoms with E-state index >= 15 is 0 Å². The molecule has 1 fully saturated rings. The molecule has 1 saturated heterocycles. The average molecular weight is 280 g/mol. The highest BCUT2D eigenvalue weighted by atomic mass is 16.2. The van der Waals surface area contributed by atoms with E-state index in [-0.39, 0.29) is 5.95 Å². The molecule has 9 nitrogen and oxygen atoms in total. The van der Waals surface area contributed by atoms with Gasteiger partial charge in [0, 0.05) is 26.2 Å². The molecular weight excluding hydrogens is 260 g/mol. The SMILES string of the molecule is NC(=O)NCCNc1nc(N)nc(N2CCCCC2)n1. The van der Waals surface area contributed by atoms with Gasteiger partial charge in [0.2, 0.25) is 17.8 Å². The lowest BCUT2D eigenvalue weighted by Gasteiger charge is -2.26. The van der Waals surface area contributed by atoms with E-state index in [2.05, 4.69) is 30.5 Å². The van der Waals surface area contributed by atoms with E-state index in [1.165, 1.54) is 6.42 Å². The van der Waals surface area contributed by atoms with Crippen molar-refractivity contribution in [2.45, 2.75) is 19.3 Å². The van der Waals surface area contributed by atoms with Crippen LogP contribution in [-0.4, -0.2) is 47.2 Å². The van der Waals surface area contributed by atoms with Crippen molar-refractivity contribution in [2.24, 2.45) is 5.73 Å². The molecule has 0 aliphatic carbocycles. The van der Waals surface area contributed by atoms with Gasteiger partial charge in [-0.2, -0.15) is 15.0 Å². The summed E-state index contributed by atoms with van der Waals surface area (Å²) < 4.78 is 0. The number of nitrogens with zero attached hydrogens (tertiary/aromatic N) is 4. The highest BCUT2D eigenvalue weighted by Crippen LogP contribution is 2.17. The molecule has 0 unspecified atom stereocenters. The zero-order valence-corrected chi connectivity index (χ0v) is 11.3. The summed E-state index contributed by atoms with van der Waals surface area (Å²) >= 11 is 0. The van der Waals surface area contributed by atoms with Gasteiger partial charge in [0.25, 0.3) is 0 Å². The molecular formula is C11H20N8O. The number of anilines is 3. The second kappa shape index (κ2) is 6.73. The minimum Gasteiger partial charge on any atom is -0.368 e. The van der Waals surface area contributed by atoms with Gasteiger partial charge in [0.15, 0.2) is 0 Å². The van der Waals surface area contributed by atoms with E-state index in [0.717, 1.165) is 25.9 Å². The Bertz CT molecular complexity index is 460. The monoisotopic (exact) mass is 280 g/mol. The third-order valence-electron chi connectivity index (χ3n) is 2.99. The first-order chi connectivity index (χ1) is 9.65. The first-order valence-corrected chi connectivity index (χ1v) is 6.69. The Hall–Kier alpha value is -2.32. The zero-order chi connectivity index (χ0) is 14.4. The maximum Gasteiger partial charge on any atom is 0.312 e. The number of nitrogens with two attached hydrogens (primary N) is 2. The molecule has 110 valence electrons. The van der Waals surface area contributed by atoms with Crippen LogP contribution in [0.1, 0.15) is 19.3 Å². The van der Waals surface area contributed by atoms with Crippen LogP contribution in [0.25, 0.3) is 0 Å². The summed E-state index contributed by atoms with van der Waals surface area (Å²) in [5, 5.41) is 5.45. The van der Waals surface area contributed by atoms with Gasteiger partial charge in [0.05, 0.1) is 0 Å². The third-order valence-corrected chi connectivity index (χ3v) is 2.99. The lowest BCUT2D eigenvalue weighted by molar-refractivity contribution is 0.249. The van der Waals surface area contributed by atoms with Gasteiger partial charge in [-0.05, 0) is 19.3 Å². The predicted octanol–water partition coefficient (Wildman–Crippen LogP) is -0.476. The van der Waals surface area contributed by atoms with E-state index in [1.54, 1.807) is 0 Å². The van der Waals surface area contributed by atoms with Gasteiger partial charge in [-0.1, -0.05) is 0 Å². The van der Waals surface area contributed by atoms with Crippen LogP contribution in [0.2, 0.25) is 0 Å². The van der Waals surface area contributed by atoms with Crippen LogP contribution in [0.5, 0.6) is 0 Å². The summed E-state index contributed by atoms with van der Waals surface area (Å²) in [6.07, 6.45) is 3.51. The number of carbonyl (C=O) groups excluding carboxylic acids is 1. The van der Waals surface area contributed by atoms with Gasteiger partial charge >= 0.3 is 6.03 Å². The molecule has 1 aliphatic rings. The van der Waals surface area contributed by atoms with E-state index in [0.29, 0.717) is 25.0 Å². The quantitative estimate of drug-likeness (QED) is 0.535. The fourth-order valence-corrected chi connectivity index (χ4v) is 2.06. The van der Waals surface area contributed by atoms with Crippen LogP contribution in [0.15, 0.2) is 0 Å². The van der Waals surface area contributed by atoms with E-state index in [1.807, 2.05) is 0 Å². The Balaban J connectivity index is 1.95. The summed E-state index contributed by atoms with van der Waals surface area (Å²) in [4.78, 5) is 25.2. The van der Waals surface area contributed by atoms with Crippen LogP contribution in [0.4, 0.5) is 22.6 Å². The van der Waals surface area contributed by atoms with Crippen molar-refractivity contribution in [3.8, 4) is 0 Å². The second-order valence-corrected chi connectivity index (χ2v) is 4.58. The lowest BCUT2D eigenvalue weighted by Crippen LogP contribution is -2.34. The largest absolute Gasteiger partial charge is 0.368 e. The van der Waals surface area contributed by atoms with Crippen LogP contribution < -0.4 is 27.0 Å². The number of carbonyl (C=O) groups is 1. The van der Waals surface area contributed by atoms with Gasteiger partial charge < -0.3 is 27.0 Å². The number of rotatable bonds is 5. The van der Waals surface area contributed by atoms with Crippen LogP contribution >= 0.6 is 0 Å². The number of amides is 2. The molecule has 0 atom stereocenters. The van der Waals surface area contributed by atoms with Crippen molar-refractivity contribution in [1.29, 1.82) is 0 Å². The number of urea groups is 1. The molecule has 20 heavy (non-hydrogen) atoms. The van der Waals surface area contributed by atoms with E-state index in [4.69, 9.17) is 11.5 Å². The molecule has 0 spiro atoms. The minimum absolute atomic E-state index is 0.186. The van der Waals surface area contributed by atoms with Crippen molar-refractivity contribution in [3.63, 3.8) is 0 Å². The van der Waals surface area contributed by atoms with E-state index < -0.39 is 6.03 Å². The van der Waals surface area contributed by atoms with Gasteiger partial charge in [0.1, 0.15) is 0 Å². The van der Waals surface area contributed by atoms with E-state index in [9.17, 15) is 4.79 Å². The molecule has 6 N–H and O–H groups in total. The van der Waals surface area contributed by atoms with Crippen LogP contribution in [0, 0.1) is 0 Å². The highest BCUT2D eigenvalue weighted by molar-refractivity contribution is 5.71. The molecule has 2 heterocycles. The third kappa shape index (κ3) is 4.11. The van der Waals surface area contributed by atoms with Crippen molar-refractivity contribution in [1.82, 2.24) is 20.3 Å². The average Bonchev–Trinajstić information content (AvgIpc) is 2.44. The molecule has 9 heteroatoms. The van der Waals surface area contributed by atoms with Crippen molar-refractivity contribution in [2.75, 3.05) is 42.1 Å². The predicted molar refractivity (Wildman–Crippen MR) is 76.4 cm³/mol. The fraction of sp³-hybridized carbons (Fsp3) is 0.636. The Labute approximate surface area is 117 Å². The molecule has 2 rings (SSSR count). The number of hydrogen-bond acceptors (Lipinski definition) is 7. The Morgan fingerprint density at radius 3 is 2.60 bits per heavy atom. The summed E-state index contributed by atoms with van der Waals surface area (Å²) in [7, 11) is 0. The van der Waals surface area contributed by atoms with Crippen molar-refractivity contribution < 1.29 is 4.79 Å². The van der Waals surface area contributed by atoms with Gasteiger partial charge in [-0.25, -0.2) is 4.79 Å². The Morgan fingerprint density at radius 2 is 1.90 bits per heavy atom. The lowest BCUT2D eigenvalue weighted by atomic mass is 10.1. The summed E-state index contributed by atoms with van der Waals surface area (Å²) in [5.74, 6) is 1.19. The molecule has 2 amide bonds. The number of primary amides is 1. The molecule has 0 bridgehead atoms. The molecule has 0 aromatic carbocycles. The topological polar surface area (TPSA) is 135 Å². The molecule has 1 aromatic heterocycles. The van der Waals surface area contributed by atoms with Crippen molar-refractivity contribution in [3.05, 3.63) is 0 Å². The normalized spacial score (nSPS) is 14.9. The molecule has 0 radical (unpaired) electrons. The first kappa shape index (κ1) is 14.1. The van der Waals surface area contributed by atoms with Crippen molar-refractivity contribution >= 4 is 23.9 Å². The smallest absolute Gasteiger partial charge is 0.312 e. The maximum atomic E-state index is 10.5. The number of piperidine rings is 1. The Morgan fingerprint density at radius 1 is 1.15 bits per heavy atom. The maximum absolute atomic E-state index is 10.5. The summed E-state index contributed by atoms with van der Waals surface area (Å²) in [5.41, 5.74) is 10.7. The molecule has 1 aromatic rings. The zero-order valence-electron chi connectivity index (χ0n) is 11.3. The van der Waals surface area contributed by atoms with Gasteiger partial charge in [-0.3, -0.25) is 0 Å². The van der Waals surface area contributed by atoms with Crippen LogP contribution in [0.3, 0.4) is 0 Å². The minimum atomic E-state index is -0.559. The second-order valence-electron chi connectivity index (χ2n) is 4.58. The van der Waals surface area contributed by atoms with Crippen LogP contribution in [-0.2, 0) is 0 Å². The number of nitrogens with one attached hydrogen (secondary N) is 2. The summed E-state index contributed by atoms with van der Waals surface area (Å²) in [6, 6.07) is -0.559. The fourth-order valence-electron chi connectivity index (χ4n) is 2.06. The molecule has 1 aliphatic heterocycles. The summed E-state index contributed by atoms with van der Waals surface area (Å²) in [6.45, 7) is 2.73. The van der Waals surface area contributed by atoms with Gasteiger partial charge in [-0.15, -0.1) is 0 Å². The Kier molecular flexibility index (Phi) is 4.75. The number of hydrogen-bond donors (Lipinski definition) is 4. The highest BCUT2D eigenvalue weighted by Gasteiger charge is 2.15.